The molecule has 176 valence electrons. The van der Waals surface area contributed by atoms with E-state index in [0.717, 1.165) is 0 Å². The van der Waals surface area contributed by atoms with E-state index in [2.05, 4.69) is 0 Å². The topological polar surface area (TPSA) is 189 Å². The molecule has 6 N–H and O–H groups in total. The summed E-state index contributed by atoms with van der Waals surface area (Å²) >= 11 is 0. The molecule has 1 aromatic carbocycles. The second-order valence-corrected chi connectivity index (χ2v) is 7.77. The van der Waals surface area contributed by atoms with Gasteiger partial charge in [-0.15, -0.1) is 0 Å². The highest BCUT2D eigenvalue weighted by atomic mass is 16.8. The maximum absolute atomic E-state index is 11.5. The van der Waals surface area contributed by atoms with E-state index in [4.69, 9.17) is 23.4 Å². The van der Waals surface area contributed by atoms with Gasteiger partial charge >= 0.3 is 5.63 Å². The fraction of sp³-hybridized carbons (Fsp3) is 0.550. The predicted molar refractivity (Wildman–Crippen MR) is 104 cm³/mol. The minimum atomic E-state index is -1.97. The molecule has 32 heavy (non-hydrogen) atoms. The van der Waals surface area contributed by atoms with Crippen LogP contribution < -0.4 is 10.4 Å². The van der Waals surface area contributed by atoms with Crippen molar-refractivity contribution in [2.45, 2.75) is 48.7 Å². The van der Waals surface area contributed by atoms with Crippen molar-refractivity contribution in [3.05, 3.63) is 40.8 Å². The smallest absolute Gasteiger partial charge is 0.336 e. The lowest BCUT2D eigenvalue weighted by molar-refractivity contribution is -0.318. The summed E-state index contributed by atoms with van der Waals surface area (Å²) in [6, 6.07) is 7.40. The zero-order chi connectivity index (χ0) is 23.0. The highest BCUT2D eigenvalue weighted by Crippen LogP contribution is 2.32. The average Bonchev–Trinajstić information content (AvgIpc) is 3.07. The van der Waals surface area contributed by atoms with Crippen LogP contribution in [0, 0.1) is 0 Å². The molecule has 12 nitrogen and oxygen atoms in total. The van der Waals surface area contributed by atoms with E-state index in [1.54, 1.807) is 18.2 Å². The maximum Gasteiger partial charge on any atom is 0.336 e. The lowest BCUT2D eigenvalue weighted by Gasteiger charge is -2.42. The number of aliphatic hydroxyl groups excluding tert-OH is 5. The molecule has 1 aromatic heterocycles. The molecule has 2 aromatic rings. The summed E-state index contributed by atoms with van der Waals surface area (Å²) in [7, 11) is 0. The Kier molecular flexibility index (Phi) is 6.49. The highest BCUT2D eigenvalue weighted by Gasteiger charge is 2.53. The zero-order valence-corrected chi connectivity index (χ0v) is 16.7. The molecular weight excluding hydrogens is 432 g/mol. The van der Waals surface area contributed by atoms with Crippen LogP contribution in [-0.4, -0.2) is 99.2 Å². The van der Waals surface area contributed by atoms with Gasteiger partial charge in [-0.05, 0) is 18.2 Å². The van der Waals surface area contributed by atoms with Crippen molar-refractivity contribution in [1.29, 1.82) is 0 Å². The summed E-state index contributed by atoms with van der Waals surface area (Å²) in [6.45, 7) is -1.87. The van der Waals surface area contributed by atoms with Crippen LogP contribution in [0.2, 0.25) is 0 Å². The molecule has 0 radical (unpaired) electrons. The first kappa shape index (κ1) is 23.0. The molecule has 0 bridgehead atoms. The summed E-state index contributed by atoms with van der Waals surface area (Å²) in [4.78, 5) is 11.5. The van der Waals surface area contributed by atoms with Gasteiger partial charge in [0, 0.05) is 17.5 Å². The summed E-state index contributed by atoms with van der Waals surface area (Å²) in [6.07, 6.45) is -10.4. The second-order valence-electron chi connectivity index (χ2n) is 7.77. The first-order chi connectivity index (χ1) is 15.3. The Hall–Kier alpha value is -2.13. The monoisotopic (exact) mass is 456 g/mol. The Morgan fingerprint density at radius 1 is 1.06 bits per heavy atom. The SMILES string of the molecule is O=c1ccc2ccc(O[C@@H]3O[C@H](CO)[C@@H](O)[C@H](O)[C@H]3O[C@@H]3OC[C@](O)(CO)[C@H]3O)cc2o1. The van der Waals surface area contributed by atoms with Gasteiger partial charge in [0.1, 0.15) is 41.3 Å². The van der Waals surface area contributed by atoms with Crippen molar-refractivity contribution in [1.82, 2.24) is 0 Å². The first-order valence-corrected chi connectivity index (χ1v) is 9.87. The Balaban J connectivity index is 1.59. The van der Waals surface area contributed by atoms with Crippen LogP contribution in [-0.2, 0) is 14.2 Å². The van der Waals surface area contributed by atoms with E-state index in [9.17, 15) is 35.4 Å². The van der Waals surface area contributed by atoms with E-state index in [1.807, 2.05) is 0 Å². The minimum absolute atomic E-state index is 0.158. The van der Waals surface area contributed by atoms with Crippen LogP contribution in [0.25, 0.3) is 11.0 Å². The number of rotatable bonds is 6. The second kappa shape index (κ2) is 9.02. The van der Waals surface area contributed by atoms with Gasteiger partial charge in [0.05, 0.1) is 19.8 Å². The third kappa shape index (κ3) is 4.24. The van der Waals surface area contributed by atoms with Gasteiger partial charge in [0.25, 0.3) is 0 Å². The van der Waals surface area contributed by atoms with Crippen LogP contribution >= 0.6 is 0 Å². The number of hydrogen-bond donors (Lipinski definition) is 6. The fourth-order valence-electron chi connectivity index (χ4n) is 3.61. The summed E-state index contributed by atoms with van der Waals surface area (Å²) in [5, 5.41) is 60.6. The van der Waals surface area contributed by atoms with Gasteiger partial charge in [0.2, 0.25) is 6.29 Å². The van der Waals surface area contributed by atoms with Gasteiger partial charge in [0.15, 0.2) is 12.4 Å². The molecule has 12 heteroatoms. The number of hydrogen-bond acceptors (Lipinski definition) is 12. The number of ether oxygens (including phenoxy) is 4. The lowest BCUT2D eigenvalue weighted by Crippen LogP contribution is -2.62. The zero-order valence-electron chi connectivity index (χ0n) is 16.7. The van der Waals surface area contributed by atoms with Gasteiger partial charge in [-0.1, -0.05) is 0 Å². The molecule has 0 saturated carbocycles. The first-order valence-electron chi connectivity index (χ1n) is 9.87. The van der Waals surface area contributed by atoms with E-state index in [0.29, 0.717) is 5.39 Å². The van der Waals surface area contributed by atoms with Crippen LogP contribution in [0.3, 0.4) is 0 Å². The van der Waals surface area contributed by atoms with Gasteiger partial charge in [-0.3, -0.25) is 0 Å². The Labute approximate surface area is 180 Å². The van der Waals surface area contributed by atoms with Crippen molar-refractivity contribution in [2.24, 2.45) is 0 Å². The molecule has 4 rings (SSSR count). The van der Waals surface area contributed by atoms with E-state index in [1.165, 1.54) is 12.1 Å². The molecule has 0 spiro atoms. The number of benzene rings is 1. The standard InChI is InChI=1S/C20H24O12/c21-6-12-14(24)15(25)16(32-19-17(26)20(27,7-22)8-28-19)18(31-12)29-10-3-1-9-2-4-13(23)30-11(9)5-10/h1-5,12,14-19,21-22,24-27H,6-8H2/t12-,14-,15+,16-,17+,18-,19+,20-/m1/s1. The summed E-state index contributed by atoms with van der Waals surface area (Å²) in [5.41, 5.74) is -2.30. The molecule has 8 atom stereocenters. The minimum Gasteiger partial charge on any atom is -0.462 e. The summed E-state index contributed by atoms with van der Waals surface area (Å²) < 4.78 is 27.2. The van der Waals surface area contributed by atoms with Crippen LogP contribution in [0.15, 0.2) is 39.5 Å². The third-order valence-electron chi connectivity index (χ3n) is 5.54. The Morgan fingerprint density at radius 2 is 1.81 bits per heavy atom. The van der Waals surface area contributed by atoms with Crippen molar-refractivity contribution in [3.63, 3.8) is 0 Å². The molecular formula is C20H24O12. The molecule has 0 amide bonds. The Morgan fingerprint density at radius 3 is 2.50 bits per heavy atom. The molecule has 0 aliphatic carbocycles. The van der Waals surface area contributed by atoms with Crippen LogP contribution in [0.5, 0.6) is 5.75 Å². The largest absolute Gasteiger partial charge is 0.462 e. The van der Waals surface area contributed by atoms with Crippen molar-refractivity contribution in [3.8, 4) is 5.75 Å². The highest BCUT2D eigenvalue weighted by molar-refractivity contribution is 5.77. The van der Waals surface area contributed by atoms with Gasteiger partial charge in [-0.25, -0.2) is 4.79 Å². The van der Waals surface area contributed by atoms with Gasteiger partial charge in [-0.2, -0.15) is 0 Å². The Bertz CT molecular complexity index is 994. The van der Waals surface area contributed by atoms with Crippen molar-refractivity contribution in [2.75, 3.05) is 19.8 Å². The number of aliphatic hydroxyl groups is 6. The molecule has 2 aliphatic heterocycles. The average molecular weight is 456 g/mol. The molecule has 3 heterocycles. The maximum atomic E-state index is 11.5. The third-order valence-corrected chi connectivity index (χ3v) is 5.54. The molecule has 2 aliphatic rings. The number of fused-ring (bicyclic) bond motifs is 1. The van der Waals surface area contributed by atoms with Gasteiger partial charge < -0.3 is 54.0 Å². The van der Waals surface area contributed by atoms with Crippen molar-refractivity contribution < 1.29 is 54.0 Å². The predicted octanol–water partition coefficient (Wildman–Crippen LogP) is -2.56. The van der Waals surface area contributed by atoms with E-state index >= 15 is 0 Å². The molecule has 0 unspecified atom stereocenters. The van der Waals surface area contributed by atoms with Crippen LogP contribution in [0.4, 0.5) is 0 Å². The summed E-state index contributed by atoms with van der Waals surface area (Å²) in [5.74, 6) is 0.158. The quantitative estimate of drug-likeness (QED) is 0.250. The van der Waals surface area contributed by atoms with Crippen LogP contribution in [0.1, 0.15) is 0 Å². The van der Waals surface area contributed by atoms with E-state index < -0.39 is 74.1 Å². The molecule has 2 saturated heterocycles. The van der Waals surface area contributed by atoms with Crippen molar-refractivity contribution >= 4 is 11.0 Å². The normalized spacial score (nSPS) is 37.6. The van der Waals surface area contributed by atoms with E-state index in [-0.39, 0.29) is 11.3 Å². The molecule has 2 fully saturated rings. The lowest BCUT2D eigenvalue weighted by atomic mass is 9.98. The fourth-order valence-corrected chi connectivity index (χ4v) is 3.61.